The number of hydrogen-bond acceptors (Lipinski definition) is 3. The molecule has 3 atom stereocenters. The zero-order valence-corrected chi connectivity index (χ0v) is 15.8. The lowest BCUT2D eigenvalue weighted by atomic mass is 9.70. The highest BCUT2D eigenvalue weighted by atomic mass is 16.5. The molecule has 1 aliphatic heterocycles. The Balaban J connectivity index is 1.55. The predicted octanol–water partition coefficient (Wildman–Crippen LogP) is 3.14. The minimum atomic E-state index is -0.0537. The van der Waals surface area contributed by atoms with E-state index < -0.39 is 0 Å². The van der Waals surface area contributed by atoms with E-state index in [-0.39, 0.29) is 34.9 Å². The Kier molecular flexibility index (Phi) is 4.33. The Labute approximate surface area is 145 Å². The molecule has 5 nitrogen and oxygen atoms in total. The summed E-state index contributed by atoms with van der Waals surface area (Å²) in [5.74, 6) is 0.587. The highest BCUT2D eigenvalue weighted by Crippen LogP contribution is 2.66. The van der Waals surface area contributed by atoms with E-state index in [1.54, 1.807) is 19.0 Å². The van der Waals surface area contributed by atoms with Crippen LogP contribution in [0, 0.1) is 22.7 Å². The van der Waals surface area contributed by atoms with Crippen molar-refractivity contribution in [2.24, 2.45) is 22.7 Å². The van der Waals surface area contributed by atoms with Gasteiger partial charge in [-0.15, -0.1) is 0 Å². The van der Waals surface area contributed by atoms with Crippen molar-refractivity contribution in [1.29, 1.82) is 0 Å². The highest BCUT2D eigenvalue weighted by molar-refractivity contribution is 5.76. The molecule has 0 N–H and O–H groups in total. The van der Waals surface area contributed by atoms with Crippen molar-refractivity contribution >= 4 is 12.0 Å². The van der Waals surface area contributed by atoms with Gasteiger partial charge in [0.25, 0.3) is 0 Å². The first-order chi connectivity index (χ1) is 11.2. The summed E-state index contributed by atoms with van der Waals surface area (Å²) in [6.45, 7) is 8.27. The summed E-state index contributed by atoms with van der Waals surface area (Å²) in [4.78, 5) is 28.1. The topological polar surface area (TPSA) is 49.9 Å². The number of urea groups is 1. The van der Waals surface area contributed by atoms with Gasteiger partial charge in [-0.05, 0) is 43.4 Å². The molecule has 24 heavy (non-hydrogen) atoms. The summed E-state index contributed by atoms with van der Waals surface area (Å²) in [6, 6.07) is 0.0316. The van der Waals surface area contributed by atoms with E-state index in [0.717, 1.165) is 6.42 Å². The normalized spacial score (nSPS) is 35.1. The van der Waals surface area contributed by atoms with Gasteiger partial charge in [0, 0.05) is 32.6 Å². The van der Waals surface area contributed by atoms with E-state index in [1.807, 2.05) is 4.90 Å². The second-order valence-corrected chi connectivity index (χ2v) is 8.97. The predicted molar refractivity (Wildman–Crippen MR) is 92.5 cm³/mol. The van der Waals surface area contributed by atoms with Gasteiger partial charge < -0.3 is 14.5 Å². The van der Waals surface area contributed by atoms with Crippen molar-refractivity contribution in [2.45, 2.75) is 59.0 Å². The smallest absolute Gasteiger partial charge is 0.319 e. The molecule has 2 aliphatic carbocycles. The quantitative estimate of drug-likeness (QED) is 0.728. The zero-order valence-electron chi connectivity index (χ0n) is 15.8. The SMILES string of the molecule is CN(C)C(=O)N1CCC(C(=O)O[C@@H]2C[C@H]3CC[C@@]2(C)C3(C)C)CC1. The molecule has 0 radical (unpaired) electrons. The summed E-state index contributed by atoms with van der Waals surface area (Å²) in [5, 5.41) is 0. The molecule has 3 rings (SSSR count). The number of carbonyl (C=O) groups is 2. The van der Waals surface area contributed by atoms with Crippen LogP contribution in [0.15, 0.2) is 0 Å². The van der Waals surface area contributed by atoms with E-state index in [2.05, 4.69) is 20.8 Å². The second-order valence-electron chi connectivity index (χ2n) is 8.97. The number of likely N-dealkylation sites (tertiary alicyclic amines) is 1. The van der Waals surface area contributed by atoms with Crippen LogP contribution in [0.25, 0.3) is 0 Å². The molecule has 0 aromatic heterocycles. The fourth-order valence-electron chi connectivity index (χ4n) is 5.13. The third kappa shape index (κ3) is 2.60. The number of carbonyl (C=O) groups excluding carboxylic acids is 2. The molecule has 0 aromatic carbocycles. The Morgan fingerprint density at radius 2 is 1.71 bits per heavy atom. The zero-order chi connectivity index (χ0) is 17.7. The minimum absolute atomic E-state index is 0.0316. The number of amides is 2. The van der Waals surface area contributed by atoms with Gasteiger partial charge in [-0.2, -0.15) is 0 Å². The first-order valence-electron chi connectivity index (χ1n) is 9.33. The van der Waals surface area contributed by atoms with Crippen LogP contribution in [0.4, 0.5) is 4.79 Å². The van der Waals surface area contributed by atoms with Gasteiger partial charge in [0.05, 0.1) is 5.92 Å². The molecule has 136 valence electrons. The molecular formula is C19H32N2O3. The molecule has 1 heterocycles. The standard InChI is InChI=1S/C19H32N2O3/c1-18(2)14-6-9-19(18,3)15(12-14)24-16(22)13-7-10-21(11-8-13)17(23)20(4)5/h13-15H,6-12H2,1-5H3/t14-,15-,19-/m1/s1. The molecule has 2 saturated carbocycles. The van der Waals surface area contributed by atoms with Crippen LogP contribution in [-0.2, 0) is 9.53 Å². The van der Waals surface area contributed by atoms with E-state index in [1.165, 1.54) is 12.8 Å². The van der Waals surface area contributed by atoms with Gasteiger partial charge in [0.1, 0.15) is 6.10 Å². The van der Waals surface area contributed by atoms with Crippen LogP contribution >= 0.6 is 0 Å². The third-order valence-corrected chi connectivity index (χ3v) is 7.45. The van der Waals surface area contributed by atoms with Crippen molar-refractivity contribution in [3.05, 3.63) is 0 Å². The first kappa shape index (κ1) is 17.6. The number of piperidine rings is 1. The summed E-state index contributed by atoms with van der Waals surface area (Å²) in [7, 11) is 3.53. The summed E-state index contributed by atoms with van der Waals surface area (Å²) in [5.41, 5.74) is 0.383. The molecular weight excluding hydrogens is 304 g/mol. The molecule has 1 saturated heterocycles. The van der Waals surface area contributed by atoms with Gasteiger partial charge in [-0.25, -0.2) is 4.79 Å². The third-order valence-electron chi connectivity index (χ3n) is 7.45. The maximum atomic E-state index is 12.7. The van der Waals surface area contributed by atoms with Crippen molar-refractivity contribution in [2.75, 3.05) is 27.2 Å². The number of esters is 1. The first-order valence-corrected chi connectivity index (χ1v) is 9.33. The van der Waals surface area contributed by atoms with Crippen molar-refractivity contribution in [1.82, 2.24) is 9.80 Å². The van der Waals surface area contributed by atoms with Gasteiger partial charge in [0.2, 0.25) is 0 Å². The Morgan fingerprint density at radius 1 is 1.08 bits per heavy atom. The fourth-order valence-corrected chi connectivity index (χ4v) is 5.13. The van der Waals surface area contributed by atoms with Crippen molar-refractivity contribution < 1.29 is 14.3 Å². The number of fused-ring (bicyclic) bond motifs is 2. The lowest BCUT2D eigenvalue weighted by Crippen LogP contribution is -2.46. The van der Waals surface area contributed by atoms with Crippen LogP contribution < -0.4 is 0 Å². The molecule has 2 bridgehead atoms. The molecule has 3 aliphatic rings. The van der Waals surface area contributed by atoms with Crippen LogP contribution in [0.2, 0.25) is 0 Å². The maximum Gasteiger partial charge on any atom is 0.319 e. The largest absolute Gasteiger partial charge is 0.462 e. The number of hydrogen-bond donors (Lipinski definition) is 0. The lowest BCUT2D eigenvalue weighted by molar-refractivity contribution is -0.163. The molecule has 3 fully saturated rings. The number of nitrogens with zero attached hydrogens (tertiary/aromatic N) is 2. The van der Waals surface area contributed by atoms with E-state index in [9.17, 15) is 9.59 Å². The van der Waals surface area contributed by atoms with Crippen LogP contribution in [0.1, 0.15) is 52.9 Å². The van der Waals surface area contributed by atoms with E-state index in [0.29, 0.717) is 31.8 Å². The maximum absolute atomic E-state index is 12.7. The van der Waals surface area contributed by atoms with Crippen LogP contribution in [0.5, 0.6) is 0 Å². The monoisotopic (exact) mass is 336 g/mol. The molecule has 2 amide bonds. The van der Waals surface area contributed by atoms with Crippen LogP contribution in [-0.4, -0.2) is 55.1 Å². The summed E-state index contributed by atoms with van der Waals surface area (Å²) < 4.78 is 6.01. The minimum Gasteiger partial charge on any atom is -0.462 e. The number of rotatable bonds is 2. The molecule has 5 heteroatoms. The highest BCUT2D eigenvalue weighted by Gasteiger charge is 2.63. The van der Waals surface area contributed by atoms with Gasteiger partial charge in [-0.1, -0.05) is 20.8 Å². The average Bonchev–Trinajstić information content (AvgIpc) is 2.87. The van der Waals surface area contributed by atoms with E-state index >= 15 is 0 Å². The van der Waals surface area contributed by atoms with Crippen molar-refractivity contribution in [3.8, 4) is 0 Å². The van der Waals surface area contributed by atoms with Gasteiger partial charge in [-0.3, -0.25) is 4.79 Å². The second kappa shape index (κ2) is 5.92. The van der Waals surface area contributed by atoms with E-state index in [4.69, 9.17) is 4.74 Å². The Bertz CT molecular complexity index is 523. The fraction of sp³-hybridized carbons (Fsp3) is 0.895. The Hall–Kier alpha value is -1.26. The summed E-state index contributed by atoms with van der Waals surface area (Å²) >= 11 is 0. The Morgan fingerprint density at radius 3 is 2.17 bits per heavy atom. The molecule has 0 aromatic rings. The molecule has 0 spiro atoms. The van der Waals surface area contributed by atoms with Crippen molar-refractivity contribution in [3.63, 3.8) is 0 Å². The van der Waals surface area contributed by atoms with Gasteiger partial charge >= 0.3 is 12.0 Å². The molecule has 0 unspecified atom stereocenters. The average molecular weight is 336 g/mol. The number of ether oxygens (including phenoxy) is 1. The summed E-state index contributed by atoms with van der Waals surface area (Å²) in [6.07, 6.45) is 4.96. The lowest BCUT2D eigenvalue weighted by Gasteiger charge is -2.39. The van der Waals surface area contributed by atoms with Gasteiger partial charge in [0.15, 0.2) is 0 Å². The van der Waals surface area contributed by atoms with Crippen LogP contribution in [0.3, 0.4) is 0 Å².